The van der Waals surface area contributed by atoms with Crippen molar-refractivity contribution in [1.82, 2.24) is 4.98 Å². The van der Waals surface area contributed by atoms with Crippen LogP contribution in [0.2, 0.25) is 0 Å². The van der Waals surface area contributed by atoms with Crippen LogP contribution in [-0.2, 0) is 6.42 Å². The molecule has 0 radical (unpaired) electrons. The predicted molar refractivity (Wildman–Crippen MR) is 81.1 cm³/mol. The zero-order chi connectivity index (χ0) is 13.7. The molecule has 102 valence electrons. The minimum absolute atomic E-state index is 0.690. The molecule has 3 nitrogen and oxygen atoms in total. The number of aromatic nitrogens is 1. The van der Waals surface area contributed by atoms with E-state index in [1.54, 1.807) is 0 Å². The van der Waals surface area contributed by atoms with Gasteiger partial charge in [0.15, 0.2) is 0 Å². The van der Waals surface area contributed by atoms with Crippen LogP contribution >= 0.6 is 0 Å². The topological polar surface area (TPSA) is 34.2 Å². The van der Waals surface area contributed by atoms with Crippen molar-refractivity contribution in [3.05, 3.63) is 29.8 Å². The largest absolute Gasteiger partial charge is 0.494 e. The first-order valence-corrected chi connectivity index (χ1v) is 7.08. The van der Waals surface area contributed by atoms with Crippen molar-refractivity contribution in [2.24, 2.45) is 0 Å². The fraction of sp³-hybridized carbons (Fsp3) is 0.438. The van der Waals surface area contributed by atoms with E-state index in [9.17, 15) is 0 Å². The second-order valence-corrected chi connectivity index (χ2v) is 4.56. The molecule has 0 saturated carbocycles. The Labute approximate surface area is 115 Å². The number of nitrogens with one attached hydrogen (secondary N) is 1. The molecule has 3 heteroatoms. The molecule has 1 N–H and O–H groups in total. The van der Waals surface area contributed by atoms with E-state index in [2.05, 4.69) is 31.3 Å². The molecule has 0 bridgehead atoms. The molecule has 0 aliphatic rings. The van der Waals surface area contributed by atoms with E-state index in [-0.39, 0.29) is 0 Å². The summed E-state index contributed by atoms with van der Waals surface area (Å²) in [5, 5.41) is 4.55. The van der Waals surface area contributed by atoms with E-state index in [0.717, 1.165) is 41.9 Å². The minimum atomic E-state index is 0.690. The van der Waals surface area contributed by atoms with Gasteiger partial charge in [0.2, 0.25) is 0 Å². The zero-order valence-electron chi connectivity index (χ0n) is 12.0. The highest BCUT2D eigenvalue weighted by Gasteiger charge is 2.06. The Kier molecular flexibility index (Phi) is 4.61. The van der Waals surface area contributed by atoms with Crippen LogP contribution in [0.25, 0.3) is 10.9 Å². The van der Waals surface area contributed by atoms with Crippen molar-refractivity contribution in [1.29, 1.82) is 0 Å². The summed E-state index contributed by atoms with van der Waals surface area (Å²) in [6.07, 6.45) is 2.08. The van der Waals surface area contributed by atoms with Crippen LogP contribution in [0.1, 0.15) is 32.8 Å². The number of pyridine rings is 1. The number of benzene rings is 1. The summed E-state index contributed by atoms with van der Waals surface area (Å²) in [4.78, 5) is 4.72. The lowest BCUT2D eigenvalue weighted by Gasteiger charge is -2.11. The highest BCUT2D eigenvalue weighted by atomic mass is 16.5. The zero-order valence-corrected chi connectivity index (χ0v) is 12.0. The maximum Gasteiger partial charge on any atom is 0.129 e. The Hall–Kier alpha value is -1.77. The lowest BCUT2D eigenvalue weighted by atomic mass is 10.1. The standard InChI is InChI=1S/C16H22N2O/c1-4-9-17-16-12(5-2)10-13-11-14(19-6-3)7-8-15(13)18-16/h7-8,10-11H,4-6,9H2,1-3H3,(H,17,18). The Morgan fingerprint density at radius 2 is 2.00 bits per heavy atom. The van der Waals surface area contributed by atoms with Gasteiger partial charge in [-0.2, -0.15) is 0 Å². The molecule has 2 aromatic rings. The molecule has 1 aromatic heterocycles. The van der Waals surface area contributed by atoms with Crippen LogP contribution in [0.5, 0.6) is 5.75 Å². The quantitative estimate of drug-likeness (QED) is 0.849. The molecule has 0 aliphatic carbocycles. The van der Waals surface area contributed by atoms with Gasteiger partial charge in [-0.05, 0) is 49.6 Å². The molecular formula is C16H22N2O. The van der Waals surface area contributed by atoms with E-state index in [0.29, 0.717) is 6.61 Å². The van der Waals surface area contributed by atoms with Gasteiger partial charge in [-0.3, -0.25) is 0 Å². The summed E-state index contributed by atoms with van der Waals surface area (Å²) in [5.41, 5.74) is 2.27. The van der Waals surface area contributed by atoms with Gasteiger partial charge >= 0.3 is 0 Å². The first-order chi connectivity index (χ1) is 9.28. The van der Waals surface area contributed by atoms with Crippen molar-refractivity contribution in [2.45, 2.75) is 33.6 Å². The third kappa shape index (κ3) is 3.16. The van der Waals surface area contributed by atoms with E-state index in [1.807, 2.05) is 19.1 Å². The summed E-state index contributed by atoms with van der Waals surface area (Å²) in [6.45, 7) is 7.97. The lowest BCUT2D eigenvalue weighted by Crippen LogP contribution is -2.05. The second kappa shape index (κ2) is 6.41. The van der Waals surface area contributed by atoms with Crippen molar-refractivity contribution in [3.8, 4) is 5.75 Å². The van der Waals surface area contributed by atoms with Gasteiger partial charge < -0.3 is 10.1 Å². The van der Waals surface area contributed by atoms with Crippen LogP contribution in [0.15, 0.2) is 24.3 Å². The van der Waals surface area contributed by atoms with Gasteiger partial charge in [0.1, 0.15) is 11.6 Å². The van der Waals surface area contributed by atoms with Crippen LogP contribution < -0.4 is 10.1 Å². The van der Waals surface area contributed by atoms with Gasteiger partial charge in [0, 0.05) is 11.9 Å². The number of hydrogen-bond acceptors (Lipinski definition) is 3. The summed E-state index contributed by atoms with van der Waals surface area (Å²) in [7, 11) is 0. The maximum absolute atomic E-state index is 5.54. The molecule has 0 amide bonds. The molecule has 0 fully saturated rings. The van der Waals surface area contributed by atoms with Gasteiger partial charge in [-0.25, -0.2) is 4.98 Å². The van der Waals surface area contributed by atoms with Crippen molar-refractivity contribution in [3.63, 3.8) is 0 Å². The number of ether oxygens (including phenoxy) is 1. The van der Waals surface area contributed by atoms with E-state index >= 15 is 0 Å². The van der Waals surface area contributed by atoms with Crippen LogP contribution in [0.4, 0.5) is 5.82 Å². The van der Waals surface area contributed by atoms with Gasteiger partial charge in [-0.15, -0.1) is 0 Å². The predicted octanol–water partition coefficient (Wildman–Crippen LogP) is 4.02. The summed E-state index contributed by atoms with van der Waals surface area (Å²) in [5.74, 6) is 1.93. The molecule has 0 atom stereocenters. The van der Waals surface area contributed by atoms with Crippen molar-refractivity contribution in [2.75, 3.05) is 18.5 Å². The molecular weight excluding hydrogens is 236 g/mol. The van der Waals surface area contributed by atoms with Gasteiger partial charge in [0.25, 0.3) is 0 Å². The smallest absolute Gasteiger partial charge is 0.129 e. The molecule has 0 spiro atoms. The molecule has 0 saturated heterocycles. The minimum Gasteiger partial charge on any atom is -0.494 e. The normalized spacial score (nSPS) is 10.7. The number of nitrogens with zero attached hydrogens (tertiary/aromatic N) is 1. The second-order valence-electron chi connectivity index (χ2n) is 4.56. The fourth-order valence-corrected chi connectivity index (χ4v) is 2.12. The number of aryl methyl sites for hydroxylation is 1. The summed E-state index contributed by atoms with van der Waals surface area (Å²) in [6, 6.07) is 8.28. The Morgan fingerprint density at radius 1 is 1.16 bits per heavy atom. The van der Waals surface area contributed by atoms with E-state index in [4.69, 9.17) is 9.72 Å². The SMILES string of the molecule is CCCNc1nc2ccc(OCC)cc2cc1CC. The van der Waals surface area contributed by atoms with Crippen LogP contribution in [0, 0.1) is 0 Å². The van der Waals surface area contributed by atoms with E-state index in [1.165, 1.54) is 5.56 Å². The molecule has 0 unspecified atom stereocenters. The molecule has 19 heavy (non-hydrogen) atoms. The third-order valence-corrected chi connectivity index (χ3v) is 3.10. The average molecular weight is 258 g/mol. The Morgan fingerprint density at radius 3 is 2.68 bits per heavy atom. The Balaban J connectivity index is 2.41. The average Bonchev–Trinajstić information content (AvgIpc) is 2.44. The highest BCUT2D eigenvalue weighted by Crippen LogP contribution is 2.24. The molecule has 1 heterocycles. The number of hydrogen-bond donors (Lipinski definition) is 1. The Bertz CT molecular complexity index is 552. The highest BCUT2D eigenvalue weighted by molar-refractivity contribution is 5.83. The van der Waals surface area contributed by atoms with Crippen molar-refractivity contribution < 1.29 is 4.74 Å². The number of rotatable bonds is 6. The van der Waals surface area contributed by atoms with Gasteiger partial charge in [0.05, 0.1) is 12.1 Å². The van der Waals surface area contributed by atoms with Gasteiger partial charge in [-0.1, -0.05) is 13.8 Å². The van der Waals surface area contributed by atoms with Crippen LogP contribution in [-0.4, -0.2) is 18.1 Å². The van der Waals surface area contributed by atoms with Crippen LogP contribution in [0.3, 0.4) is 0 Å². The molecule has 0 aliphatic heterocycles. The summed E-state index contributed by atoms with van der Waals surface area (Å²) < 4.78 is 5.54. The summed E-state index contributed by atoms with van der Waals surface area (Å²) >= 11 is 0. The third-order valence-electron chi connectivity index (χ3n) is 3.10. The first kappa shape index (κ1) is 13.7. The first-order valence-electron chi connectivity index (χ1n) is 7.08. The van der Waals surface area contributed by atoms with Crippen molar-refractivity contribution >= 4 is 16.7 Å². The van der Waals surface area contributed by atoms with E-state index < -0.39 is 0 Å². The molecule has 2 rings (SSSR count). The maximum atomic E-state index is 5.54. The lowest BCUT2D eigenvalue weighted by molar-refractivity contribution is 0.340. The molecule has 1 aromatic carbocycles. The fourth-order valence-electron chi connectivity index (χ4n) is 2.12. The number of fused-ring (bicyclic) bond motifs is 1. The monoisotopic (exact) mass is 258 g/mol. The number of anilines is 1.